The summed E-state index contributed by atoms with van der Waals surface area (Å²) in [5.41, 5.74) is 1.68. The fourth-order valence-electron chi connectivity index (χ4n) is 3.10. The molecule has 0 unspecified atom stereocenters. The predicted molar refractivity (Wildman–Crippen MR) is 98.1 cm³/mol. The highest BCUT2D eigenvalue weighted by Gasteiger charge is 2.18. The molecule has 1 fully saturated rings. The lowest BCUT2D eigenvalue weighted by Gasteiger charge is -2.34. The number of hydrogen-bond donors (Lipinski definition) is 0. The first kappa shape index (κ1) is 16.4. The van der Waals surface area contributed by atoms with E-state index in [1.165, 1.54) is 12.1 Å². The summed E-state index contributed by atoms with van der Waals surface area (Å²) in [4.78, 5) is 17.6. The van der Waals surface area contributed by atoms with Crippen molar-refractivity contribution in [1.29, 1.82) is 0 Å². The van der Waals surface area contributed by atoms with Crippen molar-refractivity contribution in [1.82, 2.24) is 24.4 Å². The summed E-state index contributed by atoms with van der Waals surface area (Å²) in [6, 6.07) is 4.75. The van der Waals surface area contributed by atoms with Gasteiger partial charge in [0.25, 0.3) is 0 Å². The zero-order chi connectivity index (χ0) is 17.2. The molecule has 3 heterocycles. The van der Waals surface area contributed by atoms with Crippen LogP contribution < -0.4 is 4.90 Å². The Kier molecular flexibility index (Phi) is 4.63. The summed E-state index contributed by atoms with van der Waals surface area (Å²) < 4.78 is 16.2. The zero-order valence-corrected chi connectivity index (χ0v) is 15.2. The largest absolute Gasteiger partial charge is 0.338 e. The summed E-state index contributed by atoms with van der Waals surface area (Å²) >= 11 is 3.36. The van der Waals surface area contributed by atoms with Crippen LogP contribution in [0.4, 0.5) is 10.3 Å². The van der Waals surface area contributed by atoms with Crippen LogP contribution in [-0.4, -0.2) is 57.1 Å². The molecule has 0 radical (unpaired) electrons. The number of rotatable bonds is 4. The van der Waals surface area contributed by atoms with Gasteiger partial charge in [-0.2, -0.15) is 0 Å². The lowest BCUT2D eigenvalue weighted by molar-refractivity contribution is 0.248. The van der Waals surface area contributed by atoms with E-state index in [-0.39, 0.29) is 5.82 Å². The van der Waals surface area contributed by atoms with Gasteiger partial charge in [0.2, 0.25) is 5.95 Å². The van der Waals surface area contributed by atoms with E-state index in [4.69, 9.17) is 0 Å². The average Bonchev–Trinajstić information content (AvgIpc) is 3.03. The zero-order valence-electron chi connectivity index (χ0n) is 13.6. The maximum atomic E-state index is 13.2. The van der Waals surface area contributed by atoms with Crippen molar-refractivity contribution < 1.29 is 4.39 Å². The van der Waals surface area contributed by atoms with Crippen molar-refractivity contribution in [2.45, 2.75) is 6.54 Å². The minimum absolute atomic E-state index is 0.246. The molecule has 1 aliphatic rings. The molecule has 1 aliphatic heterocycles. The Morgan fingerprint density at radius 1 is 1.00 bits per heavy atom. The van der Waals surface area contributed by atoms with E-state index in [1.807, 2.05) is 0 Å². The molecule has 130 valence electrons. The van der Waals surface area contributed by atoms with E-state index >= 15 is 0 Å². The third kappa shape index (κ3) is 3.64. The van der Waals surface area contributed by atoms with E-state index in [0.717, 1.165) is 55.2 Å². The quantitative estimate of drug-likeness (QED) is 0.668. The minimum atomic E-state index is -0.246. The van der Waals surface area contributed by atoms with Crippen molar-refractivity contribution in [3.05, 3.63) is 47.2 Å². The second-order valence-electron chi connectivity index (χ2n) is 6.10. The smallest absolute Gasteiger partial charge is 0.225 e. The fourth-order valence-corrected chi connectivity index (χ4v) is 3.31. The number of piperazine rings is 1. The Bertz CT molecular complexity index is 857. The monoisotopic (exact) mass is 404 g/mol. The van der Waals surface area contributed by atoms with Crippen molar-refractivity contribution in [3.63, 3.8) is 0 Å². The molecular formula is C17H18BrFN6. The van der Waals surface area contributed by atoms with E-state index in [2.05, 4.69) is 45.2 Å². The molecule has 0 aliphatic carbocycles. The summed E-state index contributed by atoms with van der Waals surface area (Å²) in [5.74, 6) is 0.537. The van der Waals surface area contributed by atoms with Gasteiger partial charge in [-0.15, -0.1) is 0 Å². The molecule has 0 spiro atoms. The van der Waals surface area contributed by atoms with Gasteiger partial charge in [-0.25, -0.2) is 19.3 Å². The van der Waals surface area contributed by atoms with Crippen molar-refractivity contribution in [3.8, 4) is 0 Å². The Labute approximate surface area is 153 Å². The first-order valence-corrected chi connectivity index (χ1v) is 9.03. The van der Waals surface area contributed by atoms with Gasteiger partial charge < -0.3 is 9.47 Å². The predicted octanol–water partition coefficient (Wildman–Crippen LogP) is 2.55. The van der Waals surface area contributed by atoms with Crippen LogP contribution in [0.5, 0.6) is 0 Å². The van der Waals surface area contributed by atoms with Gasteiger partial charge >= 0.3 is 0 Å². The van der Waals surface area contributed by atoms with Crippen LogP contribution in [0.3, 0.4) is 0 Å². The van der Waals surface area contributed by atoms with Crippen molar-refractivity contribution in [2.75, 3.05) is 37.6 Å². The Morgan fingerprint density at radius 3 is 2.52 bits per heavy atom. The maximum absolute atomic E-state index is 13.2. The van der Waals surface area contributed by atoms with Gasteiger partial charge in [0.1, 0.15) is 5.82 Å². The second kappa shape index (κ2) is 7.05. The van der Waals surface area contributed by atoms with Crippen LogP contribution in [0.15, 0.2) is 41.4 Å². The highest BCUT2D eigenvalue weighted by molar-refractivity contribution is 9.10. The molecule has 1 aromatic carbocycles. The standard InChI is InChI=1S/C17H18BrFN6/c18-13-10-20-17(21-11-13)24-6-3-23(4-7-24)5-8-25-12-22-15-9-14(19)1-2-16(15)25/h1-2,9-12H,3-8H2. The number of benzene rings is 1. The van der Waals surface area contributed by atoms with Crippen LogP contribution in [-0.2, 0) is 6.54 Å². The third-order valence-electron chi connectivity index (χ3n) is 4.50. The molecule has 8 heteroatoms. The molecule has 2 aromatic heterocycles. The average molecular weight is 405 g/mol. The van der Waals surface area contributed by atoms with E-state index in [0.29, 0.717) is 5.52 Å². The molecule has 4 rings (SSSR count). The van der Waals surface area contributed by atoms with Crippen LogP contribution in [0.25, 0.3) is 11.0 Å². The third-order valence-corrected chi connectivity index (χ3v) is 4.91. The molecular weight excluding hydrogens is 387 g/mol. The number of aromatic nitrogens is 4. The summed E-state index contributed by atoms with van der Waals surface area (Å²) in [6.45, 7) is 5.56. The molecule has 0 N–H and O–H groups in total. The molecule has 3 aromatic rings. The van der Waals surface area contributed by atoms with Crippen LogP contribution in [0, 0.1) is 5.82 Å². The Balaban J connectivity index is 1.33. The van der Waals surface area contributed by atoms with Crippen molar-refractivity contribution >= 4 is 32.9 Å². The number of fused-ring (bicyclic) bond motifs is 1. The Hall–Kier alpha value is -2.06. The first-order chi connectivity index (χ1) is 12.2. The normalized spacial score (nSPS) is 15.8. The highest BCUT2D eigenvalue weighted by atomic mass is 79.9. The van der Waals surface area contributed by atoms with Gasteiger partial charge in [-0.1, -0.05) is 0 Å². The lowest BCUT2D eigenvalue weighted by Crippen LogP contribution is -2.47. The topological polar surface area (TPSA) is 50.1 Å². The van der Waals surface area contributed by atoms with Crippen LogP contribution in [0.2, 0.25) is 0 Å². The second-order valence-corrected chi connectivity index (χ2v) is 7.02. The van der Waals surface area contributed by atoms with E-state index < -0.39 is 0 Å². The molecule has 1 saturated heterocycles. The minimum Gasteiger partial charge on any atom is -0.338 e. The highest BCUT2D eigenvalue weighted by Crippen LogP contribution is 2.16. The van der Waals surface area contributed by atoms with Gasteiger partial charge in [0.05, 0.1) is 21.8 Å². The Morgan fingerprint density at radius 2 is 1.76 bits per heavy atom. The van der Waals surface area contributed by atoms with E-state index in [1.54, 1.807) is 24.8 Å². The van der Waals surface area contributed by atoms with Crippen molar-refractivity contribution in [2.24, 2.45) is 0 Å². The number of anilines is 1. The number of imidazole rings is 1. The summed E-state index contributed by atoms with van der Waals surface area (Å²) in [6.07, 6.45) is 5.35. The van der Waals surface area contributed by atoms with Gasteiger partial charge in [-0.05, 0) is 28.1 Å². The molecule has 0 amide bonds. The number of hydrogen-bond acceptors (Lipinski definition) is 5. The van der Waals surface area contributed by atoms with E-state index in [9.17, 15) is 4.39 Å². The molecule has 0 atom stereocenters. The van der Waals surface area contributed by atoms with Gasteiger partial charge in [-0.3, -0.25) is 4.90 Å². The fraction of sp³-hybridized carbons (Fsp3) is 0.353. The SMILES string of the molecule is Fc1ccc2c(c1)ncn2CCN1CCN(c2ncc(Br)cn2)CC1. The maximum Gasteiger partial charge on any atom is 0.225 e. The van der Waals surface area contributed by atoms with Gasteiger partial charge in [0.15, 0.2) is 0 Å². The molecule has 25 heavy (non-hydrogen) atoms. The number of halogens is 2. The lowest BCUT2D eigenvalue weighted by atomic mass is 10.3. The van der Waals surface area contributed by atoms with Crippen LogP contribution >= 0.6 is 15.9 Å². The summed E-state index contributed by atoms with van der Waals surface area (Å²) in [5, 5.41) is 0. The van der Waals surface area contributed by atoms with Crippen LogP contribution in [0.1, 0.15) is 0 Å². The molecule has 6 nitrogen and oxygen atoms in total. The summed E-state index contributed by atoms with van der Waals surface area (Å²) in [7, 11) is 0. The molecule has 0 bridgehead atoms. The van der Waals surface area contributed by atoms with Gasteiger partial charge in [0, 0.05) is 57.7 Å². The molecule has 0 saturated carbocycles. The number of nitrogens with zero attached hydrogens (tertiary/aromatic N) is 6. The first-order valence-electron chi connectivity index (χ1n) is 8.24.